The number of aliphatic hydroxyl groups is 4. The summed E-state index contributed by atoms with van der Waals surface area (Å²) < 4.78 is 9.99. The van der Waals surface area contributed by atoms with Crippen LogP contribution in [0.5, 0.6) is 0 Å². The van der Waals surface area contributed by atoms with Crippen molar-refractivity contribution >= 4 is 5.97 Å². The second-order valence-corrected chi connectivity index (χ2v) is 9.15. The highest BCUT2D eigenvalue weighted by molar-refractivity contribution is 5.69. The van der Waals surface area contributed by atoms with Gasteiger partial charge in [0.1, 0.15) is 24.4 Å². The van der Waals surface area contributed by atoms with Crippen molar-refractivity contribution < 1.29 is 34.7 Å². The molecular formula is C24H47NO7. The Morgan fingerprint density at radius 1 is 0.844 bits per heavy atom. The van der Waals surface area contributed by atoms with E-state index in [-0.39, 0.29) is 6.42 Å². The van der Waals surface area contributed by atoms with Gasteiger partial charge in [-0.1, -0.05) is 96.8 Å². The van der Waals surface area contributed by atoms with Crippen LogP contribution in [0.4, 0.5) is 0 Å². The zero-order valence-corrected chi connectivity index (χ0v) is 19.9. The van der Waals surface area contributed by atoms with Gasteiger partial charge in [0, 0.05) is 6.42 Å². The number of esters is 1. The van der Waals surface area contributed by atoms with Crippen molar-refractivity contribution in [2.75, 3.05) is 6.61 Å². The third-order valence-corrected chi connectivity index (χ3v) is 6.26. The summed E-state index contributed by atoms with van der Waals surface area (Å²) in [6, 6.07) is -1.54. The van der Waals surface area contributed by atoms with E-state index in [0.717, 1.165) is 19.3 Å². The SMILES string of the molecule is CCCCCCCCCCCCCCCCCC(=O)O[C@]1(O)O[C@H](CO)[C@@H](O)[C@H](O)[C@H]1N. The molecule has 8 heteroatoms. The van der Waals surface area contributed by atoms with E-state index in [1.807, 2.05) is 0 Å². The molecule has 5 atom stereocenters. The molecule has 0 bridgehead atoms. The second-order valence-electron chi connectivity index (χ2n) is 9.15. The number of carbonyl (C=O) groups excluding carboxylic acids is 1. The maximum atomic E-state index is 12.1. The van der Waals surface area contributed by atoms with E-state index in [0.29, 0.717) is 6.42 Å². The van der Waals surface area contributed by atoms with E-state index in [1.54, 1.807) is 0 Å². The van der Waals surface area contributed by atoms with Crippen LogP contribution in [0.3, 0.4) is 0 Å². The summed E-state index contributed by atoms with van der Waals surface area (Å²) in [5.41, 5.74) is 5.65. The molecule has 0 aromatic carbocycles. The van der Waals surface area contributed by atoms with E-state index < -0.39 is 42.9 Å². The zero-order chi connectivity index (χ0) is 23.8. The van der Waals surface area contributed by atoms with Crippen LogP contribution >= 0.6 is 0 Å². The fourth-order valence-corrected chi connectivity index (χ4v) is 4.11. The predicted octanol–water partition coefficient (Wildman–Crippen LogP) is 2.88. The minimum absolute atomic E-state index is 0.0963. The lowest BCUT2D eigenvalue weighted by Crippen LogP contribution is -2.69. The van der Waals surface area contributed by atoms with Crippen LogP contribution < -0.4 is 5.73 Å². The minimum atomic E-state index is -2.57. The van der Waals surface area contributed by atoms with Crippen molar-refractivity contribution in [3.63, 3.8) is 0 Å². The molecule has 1 rings (SSSR count). The van der Waals surface area contributed by atoms with Crippen molar-refractivity contribution in [2.24, 2.45) is 5.73 Å². The first kappa shape index (κ1) is 29.3. The highest BCUT2D eigenvalue weighted by Crippen LogP contribution is 2.28. The number of rotatable bonds is 18. The third-order valence-electron chi connectivity index (χ3n) is 6.26. The maximum absolute atomic E-state index is 12.1. The van der Waals surface area contributed by atoms with Crippen LogP contribution in [0.15, 0.2) is 0 Å². The Morgan fingerprint density at radius 2 is 1.28 bits per heavy atom. The van der Waals surface area contributed by atoms with E-state index in [2.05, 4.69) is 6.92 Å². The average molecular weight is 462 g/mol. The van der Waals surface area contributed by atoms with E-state index in [4.69, 9.17) is 15.2 Å². The van der Waals surface area contributed by atoms with Crippen molar-refractivity contribution in [1.82, 2.24) is 0 Å². The van der Waals surface area contributed by atoms with E-state index in [1.165, 1.54) is 70.6 Å². The summed E-state index contributed by atoms with van der Waals surface area (Å²) in [5.74, 6) is -3.27. The lowest BCUT2D eigenvalue weighted by atomic mass is 9.96. The Bertz CT molecular complexity index is 491. The van der Waals surface area contributed by atoms with Crippen molar-refractivity contribution in [3.8, 4) is 0 Å². The van der Waals surface area contributed by atoms with Gasteiger partial charge in [-0.25, -0.2) is 0 Å². The maximum Gasteiger partial charge on any atom is 0.345 e. The topological polar surface area (TPSA) is 142 Å². The largest absolute Gasteiger partial charge is 0.406 e. The zero-order valence-electron chi connectivity index (χ0n) is 19.9. The van der Waals surface area contributed by atoms with Gasteiger partial charge in [0.15, 0.2) is 0 Å². The van der Waals surface area contributed by atoms with Crippen LogP contribution in [-0.2, 0) is 14.3 Å². The molecule has 0 aromatic rings. The number of hydrogen-bond donors (Lipinski definition) is 5. The van der Waals surface area contributed by atoms with Gasteiger partial charge in [-0.2, -0.15) is 0 Å². The van der Waals surface area contributed by atoms with Gasteiger partial charge in [-0.3, -0.25) is 4.79 Å². The summed E-state index contributed by atoms with van der Waals surface area (Å²) in [7, 11) is 0. The van der Waals surface area contributed by atoms with E-state index >= 15 is 0 Å². The molecule has 0 radical (unpaired) electrons. The number of carbonyl (C=O) groups is 1. The monoisotopic (exact) mass is 461 g/mol. The van der Waals surface area contributed by atoms with Crippen LogP contribution in [0, 0.1) is 0 Å². The molecule has 1 fully saturated rings. The van der Waals surface area contributed by atoms with Crippen molar-refractivity contribution in [1.29, 1.82) is 0 Å². The lowest BCUT2D eigenvalue weighted by molar-refractivity contribution is -0.406. The summed E-state index contributed by atoms with van der Waals surface area (Å²) in [5, 5.41) is 39.2. The van der Waals surface area contributed by atoms with Gasteiger partial charge in [-0.05, 0) is 6.42 Å². The first-order valence-corrected chi connectivity index (χ1v) is 12.7. The van der Waals surface area contributed by atoms with Crippen LogP contribution in [-0.4, -0.2) is 63.3 Å². The molecule has 1 heterocycles. The normalized spacial score (nSPS) is 28.1. The molecule has 1 aliphatic heterocycles. The Labute approximate surface area is 193 Å². The number of ether oxygens (including phenoxy) is 2. The lowest BCUT2D eigenvalue weighted by Gasteiger charge is -2.44. The van der Waals surface area contributed by atoms with Crippen molar-refractivity contribution in [2.45, 2.75) is 140 Å². The Kier molecular flexibility index (Phi) is 15.3. The highest BCUT2D eigenvalue weighted by atomic mass is 16.8. The molecule has 1 saturated heterocycles. The second kappa shape index (κ2) is 16.8. The minimum Gasteiger partial charge on any atom is -0.406 e. The Hall–Kier alpha value is -0.770. The average Bonchev–Trinajstić information content (AvgIpc) is 2.77. The molecule has 190 valence electrons. The summed E-state index contributed by atoms with van der Waals surface area (Å²) in [6.07, 6.45) is 14.1. The number of hydrogen-bond acceptors (Lipinski definition) is 8. The molecular weight excluding hydrogens is 414 g/mol. The molecule has 0 saturated carbocycles. The molecule has 0 aromatic heterocycles. The van der Waals surface area contributed by atoms with Crippen LogP contribution in [0.1, 0.15) is 110 Å². The summed E-state index contributed by atoms with van der Waals surface area (Å²) in [4.78, 5) is 12.1. The fourth-order valence-electron chi connectivity index (χ4n) is 4.11. The van der Waals surface area contributed by atoms with Gasteiger partial charge < -0.3 is 35.6 Å². The third kappa shape index (κ3) is 10.9. The molecule has 0 spiro atoms. The van der Waals surface area contributed by atoms with Gasteiger partial charge in [-0.15, -0.1) is 0 Å². The molecule has 0 amide bonds. The van der Waals surface area contributed by atoms with Gasteiger partial charge in [0.25, 0.3) is 0 Å². The highest BCUT2D eigenvalue weighted by Gasteiger charge is 2.54. The van der Waals surface area contributed by atoms with Gasteiger partial charge in [0.05, 0.1) is 6.61 Å². The quantitative estimate of drug-likeness (QED) is 0.119. The number of nitrogens with two attached hydrogens (primary N) is 1. The van der Waals surface area contributed by atoms with E-state index in [9.17, 15) is 25.2 Å². The molecule has 8 nitrogen and oxygen atoms in total. The first-order chi connectivity index (χ1) is 15.4. The molecule has 6 N–H and O–H groups in total. The van der Waals surface area contributed by atoms with Crippen molar-refractivity contribution in [3.05, 3.63) is 0 Å². The van der Waals surface area contributed by atoms with Crippen LogP contribution in [0.25, 0.3) is 0 Å². The van der Waals surface area contributed by atoms with Gasteiger partial charge >= 0.3 is 11.9 Å². The standard InChI is InChI=1S/C24H47NO7/c1-2-3-4-5-6-7-8-9-10-11-12-13-14-15-16-17-20(27)32-24(30)23(25)22(29)21(28)19(18-26)31-24/h19,21-23,26,28-30H,2-18,25H2,1H3/t19-,21-,22+,23-,24-/m1/s1. The fraction of sp³-hybridized carbons (Fsp3) is 0.958. The summed E-state index contributed by atoms with van der Waals surface area (Å²) >= 11 is 0. The first-order valence-electron chi connectivity index (χ1n) is 12.7. The summed E-state index contributed by atoms with van der Waals surface area (Å²) in [6.45, 7) is 1.58. The Balaban J connectivity index is 2.03. The molecule has 0 aliphatic carbocycles. The number of aliphatic hydroxyl groups excluding tert-OH is 3. The molecule has 0 unspecified atom stereocenters. The van der Waals surface area contributed by atoms with Crippen LogP contribution in [0.2, 0.25) is 0 Å². The van der Waals surface area contributed by atoms with Gasteiger partial charge in [0.2, 0.25) is 0 Å². The Morgan fingerprint density at radius 3 is 1.72 bits per heavy atom. The molecule has 32 heavy (non-hydrogen) atoms. The predicted molar refractivity (Wildman–Crippen MR) is 123 cm³/mol. The number of unbranched alkanes of at least 4 members (excludes halogenated alkanes) is 14. The molecule has 1 aliphatic rings. The smallest absolute Gasteiger partial charge is 0.345 e.